The number of nitrogens with zero attached hydrogens (tertiary/aromatic N) is 3. The minimum absolute atomic E-state index is 0.260. The number of rotatable bonds is 3. The number of ether oxygens (including phenoxy) is 1. The van der Waals surface area contributed by atoms with Gasteiger partial charge in [0.05, 0.1) is 17.3 Å². The van der Waals surface area contributed by atoms with Gasteiger partial charge in [0.25, 0.3) is 0 Å². The first-order chi connectivity index (χ1) is 9.02. The number of carbonyl (C=O) groups is 1. The summed E-state index contributed by atoms with van der Waals surface area (Å²) in [6.45, 7) is 3.93. The molecule has 0 fully saturated rings. The number of carbonyl (C=O) groups excluding carboxylic acids is 1. The first-order valence-electron chi connectivity index (χ1n) is 5.86. The van der Waals surface area contributed by atoms with E-state index in [1.54, 1.807) is 37.0 Å². The topological polar surface area (TPSA) is 57.0 Å². The number of aryl methyl sites for hydroxylation is 2. The summed E-state index contributed by atoms with van der Waals surface area (Å²) in [5.74, 6) is -0.444. The fourth-order valence-electron chi connectivity index (χ4n) is 1.74. The number of hydrogen-bond acceptors (Lipinski definition) is 4. The molecule has 0 saturated heterocycles. The minimum Gasteiger partial charge on any atom is -0.461 e. The number of aromatic nitrogens is 3. The summed E-state index contributed by atoms with van der Waals surface area (Å²) in [6.07, 6.45) is 1.67. The lowest BCUT2D eigenvalue weighted by molar-refractivity contribution is 0.0518. The van der Waals surface area contributed by atoms with Gasteiger partial charge in [0.15, 0.2) is 5.69 Å². The molecular weight excluding hydrogens is 266 g/mol. The van der Waals surface area contributed by atoms with Gasteiger partial charge in [-0.3, -0.25) is 9.67 Å². The maximum atomic E-state index is 11.6. The van der Waals surface area contributed by atoms with E-state index in [4.69, 9.17) is 16.3 Å². The molecule has 6 heteroatoms. The van der Waals surface area contributed by atoms with E-state index in [0.29, 0.717) is 11.6 Å². The predicted octanol–water partition coefficient (Wildman–Crippen LogP) is 2.62. The summed E-state index contributed by atoms with van der Waals surface area (Å²) in [5, 5.41) is 4.70. The zero-order valence-corrected chi connectivity index (χ0v) is 11.7. The average molecular weight is 280 g/mol. The Hall–Kier alpha value is -1.88. The van der Waals surface area contributed by atoms with Crippen LogP contribution in [0.4, 0.5) is 0 Å². The molecule has 0 aliphatic rings. The highest BCUT2D eigenvalue weighted by molar-refractivity contribution is 6.33. The molecule has 0 amide bonds. The normalized spacial score (nSPS) is 10.5. The largest absolute Gasteiger partial charge is 0.461 e. The molecule has 2 rings (SSSR count). The Labute approximate surface area is 116 Å². The molecule has 2 aromatic rings. The van der Waals surface area contributed by atoms with Crippen molar-refractivity contribution in [1.29, 1.82) is 0 Å². The van der Waals surface area contributed by atoms with Crippen LogP contribution in [0.2, 0.25) is 5.02 Å². The van der Waals surface area contributed by atoms with E-state index in [-0.39, 0.29) is 5.69 Å². The van der Waals surface area contributed by atoms with E-state index in [0.717, 1.165) is 17.0 Å². The maximum absolute atomic E-state index is 11.6. The first-order valence-corrected chi connectivity index (χ1v) is 6.24. The lowest BCUT2D eigenvalue weighted by Gasteiger charge is -2.04. The minimum atomic E-state index is -0.444. The van der Waals surface area contributed by atoms with Crippen molar-refractivity contribution in [3.8, 4) is 11.3 Å². The molecule has 0 N–H and O–H groups in total. The van der Waals surface area contributed by atoms with Crippen molar-refractivity contribution >= 4 is 17.6 Å². The zero-order chi connectivity index (χ0) is 14.0. The molecule has 100 valence electrons. The lowest BCUT2D eigenvalue weighted by Crippen LogP contribution is -2.05. The molecule has 0 aliphatic heterocycles. The Bertz CT molecular complexity index is 622. The van der Waals surface area contributed by atoms with Gasteiger partial charge in [0.1, 0.15) is 0 Å². The van der Waals surface area contributed by atoms with Crippen LogP contribution in [-0.2, 0) is 11.8 Å². The van der Waals surface area contributed by atoms with Crippen LogP contribution < -0.4 is 0 Å². The SMILES string of the molecule is CCOC(=O)c1cc(-c2cnc(C)cc2Cl)n(C)n1. The van der Waals surface area contributed by atoms with E-state index < -0.39 is 5.97 Å². The Morgan fingerprint density at radius 2 is 2.21 bits per heavy atom. The van der Waals surface area contributed by atoms with Crippen LogP contribution in [-0.4, -0.2) is 27.3 Å². The standard InChI is InChI=1S/C13H14ClN3O2/c1-4-19-13(18)11-6-12(17(3)16-11)9-7-15-8(2)5-10(9)14/h5-7H,4H2,1-3H3. The smallest absolute Gasteiger partial charge is 0.358 e. The van der Waals surface area contributed by atoms with Crippen molar-refractivity contribution in [3.63, 3.8) is 0 Å². The van der Waals surface area contributed by atoms with Gasteiger partial charge < -0.3 is 4.74 Å². The van der Waals surface area contributed by atoms with Crippen LogP contribution in [0.3, 0.4) is 0 Å². The van der Waals surface area contributed by atoms with Gasteiger partial charge in [-0.05, 0) is 26.0 Å². The predicted molar refractivity (Wildman–Crippen MR) is 72.1 cm³/mol. The van der Waals surface area contributed by atoms with E-state index in [2.05, 4.69) is 10.1 Å². The number of hydrogen-bond donors (Lipinski definition) is 0. The molecule has 19 heavy (non-hydrogen) atoms. The molecule has 0 atom stereocenters. The van der Waals surface area contributed by atoms with Crippen molar-refractivity contribution < 1.29 is 9.53 Å². The van der Waals surface area contributed by atoms with E-state index in [9.17, 15) is 4.79 Å². The first kappa shape index (κ1) is 13.5. The zero-order valence-electron chi connectivity index (χ0n) is 11.0. The number of halogens is 1. The summed E-state index contributed by atoms with van der Waals surface area (Å²) >= 11 is 6.19. The second kappa shape index (κ2) is 5.40. The molecule has 0 unspecified atom stereocenters. The number of pyridine rings is 1. The van der Waals surface area contributed by atoms with Crippen molar-refractivity contribution in [2.24, 2.45) is 7.05 Å². The molecular formula is C13H14ClN3O2. The van der Waals surface area contributed by atoms with Crippen LogP contribution in [0.25, 0.3) is 11.3 Å². The van der Waals surface area contributed by atoms with Crippen molar-refractivity contribution in [2.75, 3.05) is 6.61 Å². The fourth-order valence-corrected chi connectivity index (χ4v) is 2.04. The molecule has 0 radical (unpaired) electrons. The third-order valence-electron chi connectivity index (χ3n) is 2.63. The van der Waals surface area contributed by atoms with Crippen molar-refractivity contribution in [1.82, 2.24) is 14.8 Å². The summed E-state index contributed by atoms with van der Waals surface area (Å²) in [5.41, 5.74) is 2.55. The van der Waals surface area contributed by atoms with Gasteiger partial charge >= 0.3 is 5.97 Å². The molecule has 0 spiro atoms. The van der Waals surface area contributed by atoms with Gasteiger partial charge in [-0.1, -0.05) is 11.6 Å². The molecule has 0 bridgehead atoms. The Morgan fingerprint density at radius 3 is 2.84 bits per heavy atom. The quantitative estimate of drug-likeness (QED) is 0.811. The monoisotopic (exact) mass is 279 g/mol. The average Bonchev–Trinajstić information content (AvgIpc) is 2.72. The van der Waals surface area contributed by atoms with Gasteiger partial charge in [-0.2, -0.15) is 5.10 Å². The fraction of sp³-hybridized carbons (Fsp3) is 0.308. The Kier molecular flexibility index (Phi) is 3.85. The van der Waals surface area contributed by atoms with Crippen LogP contribution in [0.5, 0.6) is 0 Å². The summed E-state index contributed by atoms with van der Waals surface area (Å²) in [6, 6.07) is 3.42. The van der Waals surface area contributed by atoms with Gasteiger partial charge in [-0.15, -0.1) is 0 Å². The third-order valence-corrected chi connectivity index (χ3v) is 2.94. The van der Waals surface area contributed by atoms with Gasteiger partial charge in [0, 0.05) is 24.5 Å². The molecule has 0 saturated carbocycles. The summed E-state index contributed by atoms with van der Waals surface area (Å²) in [4.78, 5) is 15.8. The second-order valence-corrected chi connectivity index (χ2v) is 4.47. The van der Waals surface area contributed by atoms with Crippen molar-refractivity contribution in [2.45, 2.75) is 13.8 Å². The van der Waals surface area contributed by atoms with E-state index in [1.807, 2.05) is 6.92 Å². The highest BCUT2D eigenvalue weighted by Gasteiger charge is 2.16. The highest BCUT2D eigenvalue weighted by Crippen LogP contribution is 2.27. The van der Waals surface area contributed by atoms with Crippen LogP contribution in [0.15, 0.2) is 18.3 Å². The van der Waals surface area contributed by atoms with Gasteiger partial charge in [-0.25, -0.2) is 4.79 Å². The highest BCUT2D eigenvalue weighted by atomic mass is 35.5. The molecule has 2 aromatic heterocycles. The summed E-state index contributed by atoms with van der Waals surface area (Å²) in [7, 11) is 1.74. The molecule has 5 nitrogen and oxygen atoms in total. The molecule has 0 aromatic carbocycles. The lowest BCUT2D eigenvalue weighted by atomic mass is 10.2. The van der Waals surface area contributed by atoms with Crippen LogP contribution >= 0.6 is 11.6 Å². The molecule has 2 heterocycles. The molecule has 0 aliphatic carbocycles. The number of esters is 1. The van der Waals surface area contributed by atoms with Crippen molar-refractivity contribution in [3.05, 3.63) is 34.7 Å². The van der Waals surface area contributed by atoms with E-state index >= 15 is 0 Å². The van der Waals surface area contributed by atoms with E-state index in [1.165, 1.54) is 0 Å². The second-order valence-electron chi connectivity index (χ2n) is 4.06. The Balaban J connectivity index is 2.43. The maximum Gasteiger partial charge on any atom is 0.358 e. The Morgan fingerprint density at radius 1 is 1.47 bits per heavy atom. The summed E-state index contributed by atoms with van der Waals surface area (Å²) < 4.78 is 6.51. The van der Waals surface area contributed by atoms with Crippen LogP contribution in [0.1, 0.15) is 23.1 Å². The van der Waals surface area contributed by atoms with Crippen LogP contribution in [0, 0.1) is 6.92 Å². The van der Waals surface area contributed by atoms with Gasteiger partial charge in [0.2, 0.25) is 0 Å². The third kappa shape index (κ3) is 2.76.